The van der Waals surface area contributed by atoms with Gasteiger partial charge in [-0.3, -0.25) is 4.79 Å². The summed E-state index contributed by atoms with van der Waals surface area (Å²) in [5, 5.41) is 11.0. The zero-order valence-corrected chi connectivity index (χ0v) is 24.6. The minimum Gasteiger partial charge on any atom is -0.497 e. The van der Waals surface area contributed by atoms with Crippen molar-refractivity contribution in [2.45, 2.75) is 45.1 Å². The van der Waals surface area contributed by atoms with E-state index in [9.17, 15) is 18.0 Å². The number of aromatic nitrogens is 2. The molecule has 1 aromatic heterocycles. The maximum atomic E-state index is 14.1. The standard InChI is InChI=1S/C32H32F3N5O4/c1-19-6-5-7-27(20(19)2)44-18-23-14-21(8-13-28(23)43-4)16-36-39-31(41)25-17-37-40-29(32(33,34)35)15-26(38-30(25)40)22-9-11-24(42-3)12-10-22/h5-14,16-17,26,29,38H,15,18H2,1-4H3,(H,39,41)/b36-16-/t26-,29-/m0/s1. The number of amides is 1. The number of methoxy groups -OCH3 is 2. The average Bonchev–Trinajstić information content (AvgIpc) is 3.45. The maximum Gasteiger partial charge on any atom is 0.410 e. The van der Waals surface area contributed by atoms with Crippen LogP contribution in [0, 0.1) is 13.8 Å². The molecule has 5 rings (SSSR count). The second-order valence-electron chi connectivity index (χ2n) is 10.4. The molecule has 1 amide bonds. The van der Waals surface area contributed by atoms with Crippen LogP contribution in [0.25, 0.3) is 0 Å². The summed E-state index contributed by atoms with van der Waals surface area (Å²) in [5.74, 6) is 1.22. The molecule has 0 bridgehead atoms. The molecule has 2 N–H and O–H groups in total. The summed E-state index contributed by atoms with van der Waals surface area (Å²) in [6.07, 6.45) is -2.33. The summed E-state index contributed by atoms with van der Waals surface area (Å²) in [4.78, 5) is 13.1. The largest absolute Gasteiger partial charge is 0.497 e. The average molecular weight is 608 g/mol. The minimum atomic E-state index is -4.58. The van der Waals surface area contributed by atoms with Crippen molar-refractivity contribution in [3.63, 3.8) is 0 Å². The predicted molar refractivity (Wildman–Crippen MR) is 160 cm³/mol. The van der Waals surface area contributed by atoms with Gasteiger partial charge in [-0.15, -0.1) is 0 Å². The van der Waals surface area contributed by atoms with Crippen LogP contribution < -0.4 is 25.0 Å². The second kappa shape index (κ2) is 12.7. The zero-order valence-electron chi connectivity index (χ0n) is 24.6. The fourth-order valence-corrected chi connectivity index (χ4v) is 5.04. The van der Waals surface area contributed by atoms with Crippen LogP contribution in [0.2, 0.25) is 0 Å². The lowest BCUT2D eigenvalue weighted by molar-refractivity contribution is -0.173. The number of anilines is 1. The first-order chi connectivity index (χ1) is 21.1. The van der Waals surface area contributed by atoms with Crippen molar-refractivity contribution in [1.29, 1.82) is 0 Å². The van der Waals surface area contributed by atoms with E-state index in [1.165, 1.54) is 13.3 Å². The molecule has 0 spiro atoms. The molecular formula is C32H32F3N5O4. The molecule has 0 radical (unpaired) electrons. The number of fused-ring (bicyclic) bond motifs is 1. The van der Waals surface area contributed by atoms with Crippen LogP contribution in [-0.4, -0.2) is 42.3 Å². The number of alkyl halides is 3. The van der Waals surface area contributed by atoms with E-state index in [4.69, 9.17) is 14.2 Å². The highest BCUT2D eigenvalue weighted by Crippen LogP contribution is 2.44. The Bertz CT molecular complexity index is 1670. The second-order valence-corrected chi connectivity index (χ2v) is 10.4. The Morgan fingerprint density at radius 2 is 1.86 bits per heavy atom. The summed E-state index contributed by atoms with van der Waals surface area (Å²) < 4.78 is 59.6. The third kappa shape index (κ3) is 6.48. The molecular weight excluding hydrogens is 575 g/mol. The molecule has 0 aliphatic carbocycles. The number of nitrogens with zero attached hydrogens (tertiary/aromatic N) is 3. The van der Waals surface area contributed by atoms with Crippen molar-refractivity contribution in [1.82, 2.24) is 15.2 Å². The fraction of sp³-hybridized carbons (Fsp3) is 0.281. The molecule has 12 heteroatoms. The monoisotopic (exact) mass is 607 g/mol. The Morgan fingerprint density at radius 3 is 2.57 bits per heavy atom. The molecule has 0 saturated heterocycles. The first kappa shape index (κ1) is 30.5. The van der Waals surface area contributed by atoms with Gasteiger partial charge >= 0.3 is 6.18 Å². The molecule has 0 unspecified atom stereocenters. The zero-order chi connectivity index (χ0) is 31.4. The van der Waals surface area contributed by atoms with E-state index in [0.717, 1.165) is 33.3 Å². The summed E-state index contributed by atoms with van der Waals surface area (Å²) >= 11 is 0. The summed E-state index contributed by atoms with van der Waals surface area (Å²) in [5.41, 5.74) is 6.53. The van der Waals surface area contributed by atoms with Gasteiger partial charge in [0.25, 0.3) is 5.91 Å². The normalized spacial score (nSPS) is 16.2. The Hall–Kier alpha value is -5.00. The lowest BCUT2D eigenvalue weighted by Crippen LogP contribution is -2.36. The topological polar surface area (TPSA) is 99.0 Å². The molecule has 44 heavy (non-hydrogen) atoms. The predicted octanol–water partition coefficient (Wildman–Crippen LogP) is 6.52. The van der Waals surface area contributed by atoms with Gasteiger partial charge in [0.2, 0.25) is 0 Å². The maximum absolute atomic E-state index is 14.1. The number of halogens is 3. The number of hydrogen-bond donors (Lipinski definition) is 2. The molecule has 230 valence electrons. The van der Waals surface area contributed by atoms with Gasteiger partial charge < -0.3 is 19.5 Å². The quantitative estimate of drug-likeness (QED) is 0.166. The van der Waals surface area contributed by atoms with Crippen LogP contribution >= 0.6 is 0 Å². The van der Waals surface area contributed by atoms with Crippen molar-refractivity contribution in [2.24, 2.45) is 5.10 Å². The molecule has 2 atom stereocenters. The number of rotatable bonds is 9. The number of hydrazone groups is 1. The van der Waals surface area contributed by atoms with Gasteiger partial charge in [0.15, 0.2) is 6.04 Å². The minimum absolute atomic E-state index is 0.0394. The van der Waals surface area contributed by atoms with Gasteiger partial charge in [-0.25, -0.2) is 10.1 Å². The number of ether oxygens (including phenoxy) is 3. The number of benzene rings is 3. The molecule has 1 aliphatic heterocycles. The Balaban J connectivity index is 1.32. The van der Waals surface area contributed by atoms with Crippen molar-refractivity contribution in [2.75, 3.05) is 19.5 Å². The SMILES string of the molecule is COc1ccc([C@@H]2C[C@@H](C(F)(F)F)n3ncc(C(=O)N/N=C\c4ccc(OC)c(COc5cccc(C)c5C)c4)c3N2)cc1. The lowest BCUT2D eigenvalue weighted by Gasteiger charge is -2.34. The highest BCUT2D eigenvalue weighted by Gasteiger charge is 2.47. The molecule has 1 aliphatic rings. The number of hydrogen-bond acceptors (Lipinski definition) is 7. The van der Waals surface area contributed by atoms with Gasteiger partial charge in [0.1, 0.15) is 35.2 Å². The Morgan fingerprint density at radius 1 is 1.09 bits per heavy atom. The van der Waals surface area contributed by atoms with Crippen molar-refractivity contribution >= 4 is 17.9 Å². The van der Waals surface area contributed by atoms with Crippen molar-refractivity contribution in [3.8, 4) is 17.2 Å². The first-order valence-corrected chi connectivity index (χ1v) is 13.8. The van der Waals surface area contributed by atoms with Crippen LogP contribution in [-0.2, 0) is 6.61 Å². The van der Waals surface area contributed by atoms with Gasteiger partial charge in [-0.2, -0.15) is 23.4 Å². The number of nitrogens with one attached hydrogen (secondary N) is 2. The lowest BCUT2D eigenvalue weighted by atomic mass is 9.96. The van der Waals surface area contributed by atoms with Gasteiger partial charge in [0, 0.05) is 12.0 Å². The van der Waals surface area contributed by atoms with Crippen molar-refractivity contribution in [3.05, 3.63) is 100 Å². The Kier molecular flexibility index (Phi) is 8.79. The van der Waals surface area contributed by atoms with Crippen LogP contribution in [0.1, 0.15) is 56.7 Å². The van der Waals surface area contributed by atoms with E-state index in [1.54, 1.807) is 43.5 Å². The number of carbonyl (C=O) groups excluding carboxylic acids is 1. The van der Waals surface area contributed by atoms with Gasteiger partial charge in [-0.1, -0.05) is 24.3 Å². The summed E-state index contributed by atoms with van der Waals surface area (Å²) in [6, 6.07) is 15.3. The highest BCUT2D eigenvalue weighted by molar-refractivity contribution is 5.99. The molecule has 3 aromatic carbocycles. The smallest absolute Gasteiger partial charge is 0.410 e. The van der Waals surface area contributed by atoms with Crippen molar-refractivity contribution < 1.29 is 32.2 Å². The van der Waals surface area contributed by atoms with Crippen LogP contribution in [0.15, 0.2) is 72.0 Å². The van der Waals surface area contributed by atoms with Gasteiger partial charge in [0.05, 0.1) is 32.7 Å². The highest BCUT2D eigenvalue weighted by atomic mass is 19.4. The van der Waals surface area contributed by atoms with E-state index in [1.807, 2.05) is 38.1 Å². The third-order valence-corrected chi connectivity index (χ3v) is 7.62. The van der Waals surface area contributed by atoms with E-state index in [0.29, 0.717) is 22.6 Å². The first-order valence-electron chi connectivity index (χ1n) is 13.8. The van der Waals surface area contributed by atoms with E-state index >= 15 is 0 Å². The molecule has 0 fully saturated rings. The van der Waals surface area contributed by atoms with Gasteiger partial charge in [-0.05, 0) is 72.5 Å². The third-order valence-electron chi connectivity index (χ3n) is 7.62. The molecule has 2 heterocycles. The molecule has 9 nitrogen and oxygen atoms in total. The van der Waals surface area contributed by atoms with Crippen LogP contribution in [0.3, 0.4) is 0 Å². The van der Waals surface area contributed by atoms with E-state index in [2.05, 4.69) is 20.9 Å². The van der Waals surface area contributed by atoms with Crippen LogP contribution in [0.5, 0.6) is 17.2 Å². The number of carbonyl (C=O) groups is 1. The fourth-order valence-electron chi connectivity index (χ4n) is 5.04. The Labute approximate surface area is 252 Å². The summed E-state index contributed by atoms with van der Waals surface area (Å²) in [7, 11) is 3.07. The molecule has 4 aromatic rings. The van der Waals surface area contributed by atoms with E-state index < -0.39 is 24.2 Å². The van der Waals surface area contributed by atoms with E-state index in [-0.39, 0.29) is 24.4 Å². The summed E-state index contributed by atoms with van der Waals surface area (Å²) in [6.45, 7) is 4.24. The number of aryl methyl sites for hydroxylation is 1. The van der Waals surface area contributed by atoms with Crippen LogP contribution in [0.4, 0.5) is 19.0 Å². The molecule has 0 saturated carbocycles.